The summed E-state index contributed by atoms with van der Waals surface area (Å²) < 4.78 is 21.7. The van der Waals surface area contributed by atoms with Crippen molar-refractivity contribution in [3.8, 4) is 0 Å². The van der Waals surface area contributed by atoms with Gasteiger partial charge in [0.15, 0.2) is 5.54 Å². The number of rotatable bonds is 6. The van der Waals surface area contributed by atoms with Gasteiger partial charge in [-0.2, -0.15) is 0 Å². The molecule has 0 saturated carbocycles. The number of carbonyl (C=O) groups is 2. The number of likely N-dealkylation sites (tertiary alicyclic amines) is 1. The van der Waals surface area contributed by atoms with Gasteiger partial charge in [0.25, 0.3) is 0 Å². The Kier molecular flexibility index (Phi) is 6.84. The summed E-state index contributed by atoms with van der Waals surface area (Å²) in [6, 6.07) is 9.73. The first-order chi connectivity index (χ1) is 12.7. The Labute approximate surface area is 160 Å². The quantitative estimate of drug-likeness (QED) is 0.708. The summed E-state index contributed by atoms with van der Waals surface area (Å²) in [7, 11) is 2.78. The zero-order valence-corrected chi connectivity index (χ0v) is 16.7. The largest absolute Gasteiger partial charge is 0.467 e. The fourth-order valence-electron chi connectivity index (χ4n) is 3.21. The van der Waals surface area contributed by atoms with Gasteiger partial charge in [0, 0.05) is 13.5 Å². The van der Waals surface area contributed by atoms with E-state index in [9.17, 15) is 9.59 Å². The first kappa shape index (κ1) is 21.2. The van der Waals surface area contributed by atoms with Gasteiger partial charge in [0.1, 0.15) is 5.60 Å². The third kappa shape index (κ3) is 5.20. The predicted octanol–water partition coefficient (Wildman–Crippen LogP) is 2.77. The molecule has 1 heterocycles. The van der Waals surface area contributed by atoms with E-state index in [4.69, 9.17) is 18.9 Å². The third-order valence-corrected chi connectivity index (χ3v) is 4.36. The minimum atomic E-state index is -1.27. The summed E-state index contributed by atoms with van der Waals surface area (Å²) in [5.41, 5.74) is -0.939. The second kappa shape index (κ2) is 8.71. The maximum absolute atomic E-state index is 12.8. The van der Waals surface area contributed by atoms with Crippen molar-refractivity contribution in [3.63, 3.8) is 0 Å². The number of esters is 1. The van der Waals surface area contributed by atoms with Crippen molar-refractivity contribution < 1.29 is 28.5 Å². The highest BCUT2D eigenvalue weighted by Crippen LogP contribution is 2.34. The van der Waals surface area contributed by atoms with Crippen LogP contribution >= 0.6 is 0 Å². The molecule has 0 bridgehead atoms. The van der Waals surface area contributed by atoms with Gasteiger partial charge < -0.3 is 18.9 Å². The number of hydrogen-bond donors (Lipinski definition) is 0. The van der Waals surface area contributed by atoms with Crippen molar-refractivity contribution in [2.24, 2.45) is 0 Å². The molecular formula is C20H29NO6. The summed E-state index contributed by atoms with van der Waals surface area (Å²) in [5.74, 6) is -0.541. The Bertz CT molecular complexity index is 642. The summed E-state index contributed by atoms with van der Waals surface area (Å²) in [6.07, 6.45) is -0.651. The number of amides is 1. The number of benzene rings is 1. The van der Waals surface area contributed by atoms with E-state index in [2.05, 4.69) is 0 Å². The lowest BCUT2D eigenvalue weighted by atomic mass is 9.96. The monoisotopic (exact) mass is 379 g/mol. The lowest BCUT2D eigenvalue weighted by Crippen LogP contribution is -2.57. The van der Waals surface area contributed by atoms with Gasteiger partial charge in [0.2, 0.25) is 0 Å². The lowest BCUT2D eigenvalue weighted by Gasteiger charge is -2.35. The molecule has 7 heteroatoms. The SMILES string of the molecule is COC[C@@]1(C(=O)OC)C[C@H](OCc2ccccc2)CN1C(=O)OC(C)(C)C. The van der Waals surface area contributed by atoms with Crippen molar-refractivity contribution >= 4 is 12.1 Å². The van der Waals surface area contributed by atoms with Crippen LogP contribution in [0.15, 0.2) is 30.3 Å². The Balaban J connectivity index is 2.21. The van der Waals surface area contributed by atoms with Crippen LogP contribution in [-0.4, -0.2) is 61.6 Å². The number of ether oxygens (including phenoxy) is 4. The Hall–Kier alpha value is -2.12. The minimum absolute atomic E-state index is 0.00408. The number of methoxy groups -OCH3 is 2. The van der Waals surface area contributed by atoms with Crippen molar-refractivity contribution in [1.29, 1.82) is 0 Å². The van der Waals surface area contributed by atoms with E-state index in [1.807, 2.05) is 30.3 Å². The molecule has 0 N–H and O–H groups in total. The zero-order valence-electron chi connectivity index (χ0n) is 16.7. The average Bonchev–Trinajstić information content (AvgIpc) is 2.99. The molecule has 7 nitrogen and oxygen atoms in total. The fourth-order valence-corrected chi connectivity index (χ4v) is 3.21. The van der Waals surface area contributed by atoms with Crippen molar-refractivity contribution in [1.82, 2.24) is 4.90 Å². The van der Waals surface area contributed by atoms with Crippen LogP contribution in [0.3, 0.4) is 0 Å². The molecule has 0 aromatic heterocycles. The molecule has 1 aliphatic rings. The van der Waals surface area contributed by atoms with Crippen LogP contribution in [0.5, 0.6) is 0 Å². The average molecular weight is 379 g/mol. The predicted molar refractivity (Wildman–Crippen MR) is 99.2 cm³/mol. The molecule has 1 aromatic rings. The Morgan fingerprint density at radius 3 is 2.41 bits per heavy atom. The van der Waals surface area contributed by atoms with Gasteiger partial charge in [-0.3, -0.25) is 4.90 Å². The van der Waals surface area contributed by atoms with Gasteiger partial charge in [-0.05, 0) is 26.3 Å². The minimum Gasteiger partial charge on any atom is -0.467 e. The zero-order chi connectivity index (χ0) is 20.1. The van der Waals surface area contributed by atoms with Gasteiger partial charge in [-0.1, -0.05) is 30.3 Å². The molecule has 1 fully saturated rings. The van der Waals surface area contributed by atoms with E-state index in [1.165, 1.54) is 19.1 Å². The maximum atomic E-state index is 12.8. The molecule has 1 saturated heterocycles. The van der Waals surface area contributed by atoms with Gasteiger partial charge in [-0.15, -0.1) is 0 Å². The van der Waals surface area contributed by atoms with Crippen molar-refractivity contribution in [2.45, 2.75) is 51.0 Å². The van der Waals surface area contributed by atoms with Crippen molar-refractivity contribution in [3.05, 3.63) is 35.9 Å². The highest BCUT2D eigenvalue weighted by atomic mass is 16.6. The molecule has 1 aliphatic heterocycles. The number of carbonyl (C=O) groups excluding carboxylic acids is 2. The summed E-state index contributed by atoms with van der Waals surface area (Å²) >= 11 is 0. The standard InChI is InChI=1S/C20H29NO6/c1-19(2,3)27-18(23)21-12-16(26-13-15-9-7-6-8-10-15)11-20(21,14-24-4)17(22)25-5/h6-10,16H,11-14H2,1-5H3/t16-,20+/m0/s1. The summed E-state index contributed by atoms with van der Waals surface area (Å²) in [5, 5.41) is 0. The van der Waals surface area contributed by atoms with Crippen LogP contribution in [0.4, 0.5) is 4.79 Å². The number of hydrogen-bond acceptors (Lipinski definition) is 6. The number of nitrogens with zero attached hydrogens (tertiary/aromatic N) is 1. The Morgan fingerprint density at radius 2 is 1.85 bits per heavy atom. The molecule has 0 aliphatic carbocycles. The fraction of sp³-hybridized carbons (Fsp3) is 0.600. The molecule has 0 spiro atoms. The van der Waals surface area contributed by atoms with E-state index >= 15 is 0 Å². The highest BCUT2D eigenvalue weighted by molar-refractivity contribution is 5.87. The normalized spacial score (nSPS) is 22.6. The molecule has 150 valence electrons. The van der Waals surface area contributed by atoms with E-state index in [0.29, 0.717) is 6.61 Å². The summed E-state index contributed by atoms with van der Waals surface area (Å²) in [4.78, 5) is 26.8. The first-order valence-corrected chi connectivity index (χ1v) is 8.95. The molecule has 27 heavy (non-hydrogen) atoms. The highest BCUT2D eigenvalue weighted by Gasteiger charge is 2.56. The van der Waals surface area contributed by atoms with Crippen molar-refractivity contribution in [2.75, 3.05) is 27.4 Å². The van der Waals surface area contributed by atoms with Crippen LogP contribution < -0.4 is 0 Å². The van der Waals surface area contributed by atoms with E-state index in [0.717, 1.165) is 5.56 Å². The van der Waals surface area contributed by atoms with E-state index in [1.54, 1.807) is 20.8 Å². The molecular weight excluding hydrogens is 350 g/mol. The molecule has 2 atom stereocenters. The van der Waals surface area contributed by atoms with Crippen LogP contribution in [-0.2, 0) is 30.3 Å². The van der Waals surface area contributed by atoms with Gasteiger partial charge in [-0.25, -0.2) is 9.59 Å². The topological polar surface area (TPSA) is 74.3 Å². The third-order valence-electron chi connectivity index (χ3n) is 4.36. The maximum Gasteiger partial charge on any atom is 0.411 e. The van der Waals surface area contributed by atoms with E-state index < -0.39 is 23.2 Å². The first-order valence-electron chi connectivity index (χ1n) is 8.95. The van der Waals surface area contributed by atoms with Crippen LogP contribution in [0, 0.1) is 0 Å². The molecule has 0 unspecified atom stereocenters. The van der Waals surface area contributed by atoms with E-state index in [-0.39, 0.29) is 25.7 Å². The lowest BCUT2D eigenvalue weighted by molar-refractivity contribution is -0.156. The summed E-state index contributed by atoms with van der Waals surface area (Å²) in [6.45, 7) is 5.95. The van der Waals surface area contributed by atoms with Crippen LogP contribution in [0.1, 0.15) is 32.8 Å². The van der Waals surface area contributed by atoms with Gasteiger partial charge >= 0.3 is 12.1 Å². The Morgan fingerprint density at radius 1 is 1.19 bits per heavy atom. The second-order valence-corrected chi connectivity index (χ2v) is 7.67. The molecule has 0 radical (unpaired) electrons. The smallest absolute Gasteiger partial charge is 0.411 e. The molecule has 1 aromatic carbocycles. The van der Waals surface area contributed by atoms with Crippen LogP contribution in [0.25, 0.3) is 0 Å². The molecule has 2 rings (SSSR count). The van der Waals surface area contributed by atoms with Gasteiger partial charge in [0.05, 0.1) is 33.0 Å². The second-order valence-electron chi connectivity index (χ2n) is 7.67. The van der Waals surface area contributed by atoms with Crippen LogP contribution in [0.2, 0.25) is 0 Å². The molecule has 1 amide bonds.